The van der Waals surface area contributed by atoms with Crippen molar-refractivity contribution in [1.82, 2.24) is 0 Å². The third kappa shape index (κ3) is 14.7. The SMILES string of the molecule is BrC(Br)(Br)C(Br)(Br)C(Br)(Br)C(Br)(Br)C(Br)(Br)C(Br)(Br)C(Br)(Br)C(Br)(Br)C(Br)(Br)C(Br)(Br)C(Br)(Br)C(Br)(Br)C(Br)(Br)C(Br)(Br)C(Br)(Br)C(Br)(Br)C(Br)(Br)C(Br)(Br)Br.O=S([O-])O. The van der Waals surface area contributed by atoms with Crippen LogP contribution >= 0.6 is 605 Å². The molecular formula is C18HBr38O3S-. The monoisotopic (exact) mass is 3300 g/mol. The van der Waals surface area contributed by atoms with Crippen LogP contribution in [0.1, 0.15) is 0 Å². The molecule has 0 rings (SSSR count). The Kier molecular flexibility index (Phi) is 36.1. The molecule has 0 aliphatic heterocycles. The van der Waals surface area contributed by atoms with E-state index < -0.39 is 67.4 Å². The molecule has 0 heterocycles. The smallest absolute Gasteiger partial charge is 0.162 e. The van der Waals surface area contributed by atoms with Gasteiger partial charge in [-0.2, -0.15) is 0 Å². The van der Waals surface area contributed by atoms with Gasteiger partial charge in [0.1, 0.15) is 51.7 Å². The third-order valence-corrected chi connectivity index (χ3v) is 86.6. The van der Waals surface area contributed by atoms with Gasteiger partial charge in [0.2, 0.25) is 0 Å². The van der Waals surface area contributed by atoms with Gasteiger partial charge in [-0.3, -0.25) is 0 Å². The minimum Gasteiger partial charge on any atom is -0.750 e. The molecule has 0 spiro atoms. The van der Waals surface area contributed by atoms with Gasteiger partial charge in [0, 0.05) is 0 Å². The van der Waals surface area contributed by atoms with Gasteiger partial charge < -0.3 is 9.11 Å². The molecule has 0 aromatic carbocycles. The zero-order valence-corrected chi connectivity index (χ0v) is 86.1. The fourth-order valence-corrected chi connectivity index (χ4v) is 40.8. The van der Waals surface area contributed by atoms with Crippen molar-refractivity contribution in [2.45, 2.75) is 56.0 Å². The zero-order valence-electron chi connectivity index (χ0n) is 25.0. The Morgan fingerprint density at radius 1 is 0.217 bits per heavy atom. The largest absolute Gasteiger partial charge is 0.750 e. The number of halogens is 38. The quantitative estimate of drug-likeness (QED) is 0.131. The molecule has 0 bridgehead atoms. The molecule has 364 valence electrons. The second kappa shape index (κ2) is 26.9. The molecule has 0 aromatic heterocycles. The molecule has 1 unspecified atom stereocenters. The minimum absolute atomic E-state index is 0.910. The van der Waals surface area contributed by atoms with Gasteiger partial charge in [0.15, 0.2) is 4.29 Å². The van der Waals surface area contributed by atoms with E-state index in [1.807, 2.05) is 0 Å². The Labute approximate surface area is 668 Å². The summed E-state index contributed by atoms with van der Waals surface area (Å²) < 4.78 is 2.35. The fourth-order valence-electron chi connectivity index (χ4n) is 3.12. The van der Waals surface area contributed by atoms with Crippen molar-refractivity contribution in [3.63, 3.8) is 0 Å². The lowest BCUT2D eigenvalue weighted by atomic mass is 10.0. The van der Waals surface area contributed by atoms with E-state index in [2.05, 4.69) is 605 Å². The van der Waals surface area contributed by atoms with E-state index in [1.54, 1.807) is 0 Å². The van der Waals surface area contributed by atoms with Crippen LogP contribution in [0.4, 0.5) is 0 Å². The first-order valence-electron chi connectivity index (χ1n) is 11.9. The van der Waals surface area contributed by atoms with Gasteiger partial charge >= 0.3 is 0 Å². The van der Waals surface area contributed by atoms with Crippen LogP contribution < -0.4 is 0 Å². The minimum atomic E-state index is -2.86. The molecule has 0 saturated heterocycles. The molecular weight excluding hydrogens is 3330 g/mol. The van der Waals surface area contributed by atoms with Gasteiger partial charge in [-0.15, -0.1) is 0 Å². The van der Waals surface area contributed by atoms with E-state index in [0.717, 1.165) is 0 Å². The highest BCUT2D eigenvalue weighted by atomic mass is 80.0. The molecule has 0 saturated carbocycles. The highest BCUT2D eigenvalue weighted by Crippen LogP contribution is 2.84. The Morgan fingerprint density at radius 2 is 0.267 bits per heavy atom. The van der Waals surface area contributed by atoms with Crippen LogP contribution in [0.15, 0.2) is 0 Å². The average molecular weight is 3330 g/mol. The van der Waals surface area contributed by atoms with E-state index in [0.29, 0.717) is 0 Å². The predicted octanol–water partition coefficient (Wildman–Crippen LogP) is 27.8. The summed E-state index contributed by atoms with van der Waals surface area (Å²) in [5.41, 5.74) is 0. The van der Waals surface area contributed by atoms with Crippen molar-refractivity contribution < 1.29 is 13.3 Å². The fraction of sp³-hybridized carbons (Fsp3) is 1.00. The Hall–Kier alpha value is 18.3. The van der Waals surface area contributed by atoms with Crippen LogP contribution in [0.2, 0.25) is 0 Å². The van der Waals surface area contributed by atoms with Gasteiger partial charge in [-0.05, 0) is 0 Å². The second-order valence-corrected chi connectivity index (χ2v) is 79.4. The van der Waals surface area contributed by atoms with Crippen LogP contribution in [-0.2, 0) is 11.4 Å². The lowest BCUT2D eigenvalue weighted by Gasteiger charge is -2.62. The number of rotatable bonds is 15. The lowest BCUT2D eigenvalue weighted by molar-refractivity contribution is 0.436. The number of hydrogen-bond donors (Lipinski definition) is 1. The molecule has 3 nitrogen and oxygen atoms in total. The molecule has 0 amide bonds. The van der Waals surface area contributed by atoms with Crippen LogP contribution in [0.5, 0.6) is 0 Å². The maximum absolute atomic E-state index is 8.56. The summed E-state index contributed by atoms with van der Waals surface area (Å²) in [6.45, 7) is 0. The van der Waals surface area contributed by atoms with Crippen LogP contribution in [0, 0.1) is 0 Å². The molecule has 0 aromatic rings. The maximum Gasteiger partial charge on any atom is 0.162 e. The van der Waals surface area contributed by atoms with E-state index in [9.17, 15) is 0 Å². The summed E-state index contributed by atoms with van der Waals surface area (Å²) in [5, 5.41) is 0. The van der Waals surface area contributed by atoms with Gasteiger partial charge in [-0.25, -0.2) is 4.21 Å². The van der Waals surface area contributed by atoms with Crippen molar-refractivity contribution in [2.24, 2.45) is 0 Å². The van der Waals surface area contributed by atoms with Gasteiger partial charge in [0.25, 0.3) is 0 Å². The van der Waals surface area contributed by atoms with E-state index in [-0.39, 0.29) is 0 Å². The molecule has 60 heavy (non-hydrogen) atoms. The van der Waals surface area contributed by atoms with Crippen LogP contribution in [-0.4, -0.2) is 69.3 Å². The Bertz CT molecular complexity index is 1430. The Morgan fingerprint density at radius 3 is 0.317 bits per heavy atom. The van der Waals surface area contributed by atoms with E-state index in [4.69, 9.17) is 13.3 Å². The van der Waals surface area contributed by atoms with Crippen molar-refractivity contribution in [1.29, 1.82) is 0 Å². The standard InChI is InChI=1S/C18Br38.H2O3S/c19-1(20,3(23,24)5(27,28)7(31,32)9(35,36)11(39,40)13(43,44)15(47,48)17(51,52)53)2(21,22)4(25,26)6(29,30)8(33,34)10(37,38)12(41,42)14(45,46)16(49,50)18(54,55)56;1-4(2)3/h;(H2,1,2,3)/p-1. The van der Waals surface area contributed by atoms with Crippen molar-refractivity contribution in [3.05, 3.63) is 0 Å². The summed E-state index contributed by atoms with van der Waals surface area (Å²) in [6.07, 6.45) is 0. The summed E-state index contributed by atoms with van der Waals surface area (Å²) in [4.78, 5) is 0. The Balaban J connectivity index is 0. The summed E-state index contributed by atoms with van der Waals surface area (Å²) in [5.74, 6) is 0. The topological polar surface area (TPSA) is 60.4 Å². The number of alkyl halides is 38. The van der Waals surface area contributed by atoms with E-state index >= 15 is 0 Å². The van der Waals surface area contributed by atoms with Crippen molar-refractivity contribution in [3.8, 4) is 0 Å². The van der Waals surface area contributed by atoms with Crippen molar-refractivity contribution in [2.75, 3.05) is 0 Å². The highest BCUT2D eigenvalue weighted by Gasteiger charge is 2.84. The summed E-state index contributed by atoms with van der Waals surface area (Å²) in [6, 6.07) is 0. The molecule has 0 aliphatic rings. The first-order chi connectivity index (χ1) is 25.0. The average Bonchev–Trinajstić information content (AvgIpc) is 2.97. The summed E-state index contributed by atoms with van der Waals surface area (Å²) in [7, 11) is 0. The molecule has 0 aliphatic carbocycles. The molecule has 0 fully saturated rings. The van der Waals surface area contributed by atoms with Crippen LogP contribution in [0.3, 0.4) is 0 Å². The maximum atomic E-state index is 8.56. The van der Waals surface area contributed by atoms with Gasteiger partial charge in [0.05, 0.1) is 11.4 Å². The summed E-state index contributed by atoms with van der Waals surface area (Å²) >= 11 is 146. The highest BCUT2D eigenvalue weighted by molar-refractivity contribution is 9.44. The van der Waals surface area contributed by atoms with E-state index in [1.165, 1.54) is 0 Å². The van der Waals surface area contributed by atoms with Gasteiger partial charge in [-0.1, -0.05) is 605 Å². The zero-order chi connectivity index (χ0) is 50.6. The molecule has 42 heteroatoms. The molecule has 0 radical (unpaired) electrons. The molecule has 1 N–H and O–H groups in total. The third-order valence-electron chi connectivity index (χ3n) is 6.63. The first-order valence-corrected chi connectivity index (χ1v) is 43.1. The molecule has 1 atom stereocenters. The first kappa shape index (κ1) is 80.4. The second-order valence-electron chi connectivity index (χ2n) is 10.4. The number of hydrogen-bond acceptors (Lipinski definition) is 2. The predicted molar refractivity (Wildman–Crippen MR) is 400 cm³/mol. The normalized spacial score (nSPS) is 17.3. The lowest BCUT2D eigenvalue weighted by Crippen LogP contribution is -2.74. The van der Waals surface area contributed by atoms with Crippen molar-refractivity contribution >= 4 is 617 Å². The van der Waals surface area contributed by atoms with Crippen LogP contribution in [0.25, 0.3) is 0 Å².